The van der Waals surface area contributed by atoms with Crippen molar-refractivity contribution in [3.63, 3.8) is 0 Å². The predicted molar refractivity (Wildman–Crippen MR) is 49.9 cm³/mol. The number of hydrogen-bond donors (Lipinski definition) is 0. The van der Waals surface area contributed by atoms with Crippen molar-refractivity contribution >= 4 is 11.6 Å². The van der Waals surface area contributed by atoms with Crippen LogP contribution in [0.4, 0.5) is 0 Å². The summed E-state index contributed by atoms with van der Waals surface area (Å²) in [7, 11) is 0. The lowest BCUT2D eigenvalue weighted by molar-refractivity contribution is 0.387. The Morgan fingerprint density at radius 2 is 2.36 bits per heavy atom. The molecule has 14 heavy (non-hydrogen) atoms. The van der Waals surface area contributed by atoms with E-state index in [2.05, 4.69) is 15.5 Å². The molecular formula is C8H9ClN4O. The van der Waals surface area contributed by atoms with Crippen LogP contribution in [0, 0.1) is 6.92 Å². The zero-order chi connectivity index (χ0) is 9.97. The van der Waals surface area contributed by atoms with Gasteiger partial charge in [-0.3, -0.25) is 0 Å². The summed E-state index contributed by atoms with van der Waals surface area (Å²) in [4.78, 5) is 0. The van der Waals surface area contributed by atoms with Gasteiger partial charge in [0.1, 0.15) is 11.5 Å². The molecule has 0 aromatic carbocycles. The van der Waals surface area contributed by atoms with Crippen molar-refractivity contribution < 1.29 is 4.52 Å². The first kappa shape index (κ1) is 9.21. The Kier molecular flexibility index (Phi) is 2.49. The minimum atomic E-state index is 0.373. The molecule has 0 unspecified atom stereocenters. The van der Waals surface area contributed by atoms with Gasteiger partial charge in [0, 0.05) is 6.07 Å². The van der Waals surface area contributed by atoms with Crippen LogP contribution in [-0.2, 0) is 12.4 Å². The van der Waals surface area contributed by atoms with Gasteiger partial charge in [-0.25, -0.2) is 4.68 Å². The molecule has 0 fully saturated rings. The third-order valence-corrected chi connectivity index (χ3v) is 2.00. The Morgan fingerprint density at radius 1 is 1.50 bits per heavy atom. The van der Waals surface area contributed by atoms with E-state index >= 15 is 0 Å². The Morgan fingerprint density at radius 3 is 2.93 bits per heavy atom. The van der Waals surface area contributed by atoms with E-state index in [9.17, 15) is 0 Å². The first-order valence-electron chi connectivity index (χ1n) is 4.15. The molecule has 0 radical (unpaired) electrons. The number of alkyl halides is 1. The van der Waals surface area contributed by atoms with Gasteiger partial charge in [-0.05, 0) is 6.92 Å². The van der Waals surface area contributed by atoms with Gasteiger partial charge in [0.2, 0.25) is 0 Å². The molecule has 2 rings (SSSR count). The third kappa shape index (κ3) is 1.93. The zero-order valence-electron chi connectivity index (χ0n) is 7.64. The van der Waals surface area contributed by atoms with Crippen LogP contribution in [0.1, 0.15) is 17.1 Å². The van der Waals surface area contributed by atoms with Crippen molar-refractivity contribution in [2.75, 3.05) is 0 Å². The van der Waals surface area contributed by atoms with E-state index in [0.717, 1.165) is 17.1 Å². The van der Waals surface area contributed by atoms with Crippen LogP contribution in [0.15, 0.2) is 16.8 Å². The molecule has 0 atom stereocenters. The summed E-state index contributed by atoms with van der Waals surface area (Å²) < 4.78 is 6.61. The van der Waals surface area contributed by atoms with Crippen LogP contribution in [0.25, 0.3) is 0 Å². The Bertz CT molecular complexity index is 422. The first-order chi connectivity index (χ1) is 6.78. The van der Waals surface area contributed by atoms with Gasteiger partial charge in [0.05, 0.1) is 24.3 Å². The summed E-state index contributed by atoms with van der Waals surface area (Å²) in [5.74, 6) is 1.16. The number of aryl methyl sites for hydroxylation is 1. The molecule has 0 saturated carbocycles. The van der Waals surface area contributed by atoms with Crippen LogP contribution in [0.3, 0.4) is 0 Å². The van der Waals surface area contributed by atoms with Crippen LogP contribution >= 0.6 is 11.6 Å². The van der Waals surface area contributed by atoms with E-state index in [1.54, 1.807) is 10.9 Å². The second-order valence-corrected chi connectivity index (χ2v) is 3.24. The van der Waals surface area contributed by atoms with Crippen molar-refractivity contribution in [2.24, 2.45) is 0 Å². The number of rotatable bonds is 3. The van der Waals surface area contributed by atoms with Gasteiger partial charge in [-0.15, -0.1) is 16.7 Å². The molecule has 0 aliphatic carbocycles. The van der Waals surface area contributed by atoms with Crippen LogP contribution in [-0.4, -0.2) is 20.2 Å². The quantitative estimate of drug-likeness (QED) is 0.721. The maximum atomic E-state index is 5.60. The number of aromatic nitrogens is 4. The second kappa shape index (κ2) is 3.79. The van der Waals surface area contributed by atoms with E-state index in [-0.39, 0.29) is 0 Å². The lowest BCUT2D eigenvalue weighted by Gasteiger charge is -1.92. The molecule has 0 aliphatic heterocycles. The van der Waals surface area contributed by atoms with Crippen LogP contribution < -0.4 is 0 Å². The molecule has 2 aromatic heterocycles. The van der Waals surface area contributed by atoms with Gasteiger partial charge >= 0.3 is 0 Å². The summed E-state index contributed by atoms with van der Waals surface area (Å²) in [6, 6.07) is 1.86. The molecule has 6 heteroatoms. The SMILES string of the molecule is Cc1cc(Cn2cc(CCl)nn2)no1. The third-order valence-electron chi connectivity index (χ3n) is 1.72. The molecule has 0 bridgehead atoms. The Labute approximate surface area is 85.6 Å². The minimum Gasteiger partial charge on any atom is -0.361 e. The minimum absolute atomic E-state index is 0.373. The Hall–Kier alpha value is -1.36. The smallest absolute Gasteiger partial charge is 0.133 e. The largest absolute Gasteiger partial charge is 0.361 e. The highest BCUT2D eigenvalue weighted by Gasteiger charge is 2.03. The molecule has 0 saturated heterocycles. The lowest BCUT2D eigenvalue weighted by Crippen LogP contribution is -2.00. The van der Waals surface area contributed by atoms with E-state index in [1.807, 2.05) is 13.0 Å². The van der Waals surface area contributed by atoms with Crippen molar-refractivity contribution in [3.05, 3.63) is 29.4 Å². The van der Waals surface area contributed by atoms with Crippen LogP contribution in [0.5, 0.6) is 0 Å². The van der Waals surface area contributed by atoms with Gasteiger partial charge in [0.25, 0.3) is 0 Å². The van der Waals surface area contributed by atoms with Crippen molar-refractivity contribution in [1.82, 2.24) is 20.2 Å². The molecule has 0 amide bonds. The molecular weight excluding hydrogens is 204 g/mol. The number of halogens is 1. The Balaban J connectivity index is 2.10. The fourth-order valence-corrected chi connectivity index (χ4v) is 1.26. The van der Waals surface area contributed by atoms with Crippen molar-refractivity contribution in [2.45, 2.75) is 19.3 Å². The molecule has 0 N–H and O–H groups in total. The number of nitrogens with zero attached hydrogens (tertiary/aromatic N) is 4. The van der Waals surface area contributed by atoms with E-state index in [4.69, 9.17) is 16.1 Å². The van der Waals surface area contributed by atoms with Crippen molar-refractivity contribution in [3.8, 4) is 0 Å². The average molecular weight is 213 g/mol. The number of hydrogen-bond acceptors (Lipinski definition) is 4. The summed E-state index contributed by atoms with van der Waals surface area (Å²) >= 11 is 5.60. The van der Waals surface area contributed by atoms with Crippen LogP contribution in [0.2, 0.25) is 0 Å². The van der Waals surface area contributed by atoms with Gasteiger partial charge in [0.15, 0.2) is 0 Å². The highest BCUT2D eigenvalue weighted by Crippen LogP contribution is 2.04. The second-order valence-electron chi connectivity index (χ2n) is 2.97. The summed E-state index contributed by atoms with van der Waals surface area (Å²) in [5, 5.41) is 11.6. The van der Waals surface area contributed by atoms with Gasteiger partial charge in [-0.1, -0.05) is 10.4 Å². The molecule has 74 valence electrons. The van der Waals surface area contributed by atoms with E-state index in [0.29, 0.717) is 12.4 Å². The highest BCUT2D eigenvalue weighted by atomic mass is 35.5. The average Bonchev–Trinajstić information content (AvgIpc) is 2.76. The zero-order valence-corrected chi connectivity index (χ0v) is 8.40. The molecule has 0 spiro atoms. The fraction of sp³-hybridized carbons (Fsp3) is 0.375. The van der Waals surface area contributed by atoms with Gasteiger partial charge < -0.3 is 4.52 Å². The van der Waals surface area contributed by atoms with E-state index < -0.39 is 0 Å². The molecule has 2 aromatic rings. The monoisotopic (exact) mass is 212 g/mol. The van der Waals surface area contributed by atoms with E-state index in [1.165, 1.54) is 0 Å². The lowest BCUT2D eigenvalue weighted by atomic mass is 10.4. The van der Waals surface area contributed by atoms with Crippen molar-refractivity contribution in [1.29, 1.82) is 0 Å². The fourth-order valence-electron chi connectivity index (χ4n) is 1.14. The highest BCUT2D eigenvalue weighted by molar-refractivity contribution is 6.16. The predicted octanol–water partition coefficient (Wildman–Crippen LogP) is 1.36. The topological polar surface area (TPSA) is 56.7 Å². The summed E-state index contributed by atoms with van der Waals surface area (Å²) in [6.07, 6.45) is 1.79. The maximum absolute atomic E-state index is 5.60. The molecule has 5 nitrogen and oxygen atoms in total. The molecule has 2 heterocycles. The standard InChI is InChI=1S/C8H9ClN4O/c1-6-2-7(11-14-6)4-13-5-8(3-9)10-12-13/h2,5H,3-4H2,1H3. The first-order valence-corrected chi connectivity index (χ1v) is 4.68. The molecule has 0 aliphatic rings. The summed E-state index contributed by atoms with van der Waals surface area (Å²) in [6.45, 7) is 2.41. The van der Waals surface area contributed by atoms with Gasteiger partial charge in [-0.2, -0.15) is 0 Å². The maximum Gasteiger partial charge on any atom is 0.133 e. The normalized spacial score (nSPS) is 10.7. The summed E-state index contributed by atoms with van der Waals surface area (Å²) in [5.41, 5.74) is 1.58.